The van der Waals surface area contributed by atoms with Gasteiger partial charge in [0.2, 0.25) is 0 Å². The Hall–Kier alpha value is -2.82. The second-order valence-corrected chi connectivity index (χ2v) is 6.63. The van der Waals surface area contributed by atoms with Crippen molar-refractivity contribution in [3.05, 3.63) is 59.7 Å². The number of nitrogens with one attached hydrogen (secondary N) is 1. The van der Waals surface area contributed by atoms with Crippen LogP contribution in [0.2, 0.25) is 0 Å². The Morgan fingerprint density at radius 1 is 1.08 bits per heavy atom. The van der Waals surface area contributed by atoms with E-state index >= 15 is 0 Å². The number of amides is 2. The van der Waals surface area contributed by atoms with Gasteiger partial charge in [-0.1, -0.05) is 18.2 Å². The summed E-state index contributed by atoms with van der Waals surface area (Å²) in [7, 11) is 0. The molecule has 0 saturated heterocycles. The fourth-order valence-corrected chi connectivity index (χ4v) is 3.04. The number of anilines is 1. The van der Waals surface area contributed by atoms with Crippen LogP contribution in [0.5, 0.6) is 5.75 Å². The maximum absolute atomic E-state index is 13.1. The van der Waals surface area contributed by atoms with Crippen molar-refractivity contribution in [2.45, 2.75) is 31.8 Å². The molecule has 1 atom stereocenters. The number of ether oxygens (including phenoxy) is 1. The molecule has 2 aromatic rings. The van der Waals surface area contributed by atoms with E-state index in [1.165, 1.54) is 0 Å². The SMILES string of the molecule is CC1COc2ccccc2N1C(=O)c1cccc(C(=O)NC2CC2)c1. The van der Waals surface area contributed by atoms with E-state index in [-0.39, 0.29) is 23.9 Å². The van der Waals surface area contributed by atoms with Gasteiger partial charge in [0.05, 0.1) is 11.7 Å². The van der Waals surface area contributed by atoms with Crippen molar-refractivity contribution >= 4 is 17.5 Å². The predicted molar refractivity (Wildman–Crippen MR) is 95.1 cm³/mol. The predicted octanol–water partition coefficient (Wildman–Crippen LogP) is 3.01. The van der Waals surface area contributed by atoms with E-state index in [2.05, 4.69) is 5.32 Å². The van der Waals surface area contributed by atoms with E-state index in [1.807, 2.05) is 31.2 Å². The van der Waals surface area contributed by atoms with Crippen LogP contribution in [-0.2, 0) is 0 Å². The molecule has 1 N–H and O–H groups in total. The molecule has 1 fully saturated rings. The zero-order valence-electron chi connectivity index (χ0n) is 14.1. The molecule has 1 heterocycles. The van der Waals surface area contributed by atoms with Crippen molar-refractivity contribution in [1.82, 2.24) is 5.32 Å². The molecule has 1 unspecified atom stereocenters. The lowest BCUT2D eigenvalue weighted by Crippen LogP contribution is -2.45. The van der Waals surface area contributed by atoms with Gasteiger partial charge in [-0.25, -0.2) is 0 Å². The molecule has 0 aromatic heterocycles. The Kier molecular flexibility index (Phi) is 3.92. The standard InChI is InChI=1S/C20H20N2O3/c1-13-12-25-18-8-3-2-7-17(18)22(13)20(24)15-6-4-5-14(11-15)19(23)21-16-9-10-16/h2-8,11,13,16H,9-10,12H2,1H3,(H,21,23). The Bertz CT molecular complexity index is 829. The van der Waals surface area contributed by atoms with Crippen LogP contribution in [0, 0.1) is 0 Å². The highest BCUT2D eigenvalue weighted by Gasteiger charge is 2.30. The molecule has 2 amide bonds. The summed E-state index contributed by atoms with van der Waals surface area (Å²) in [5.74, 6) is 0.466. The molecule has 128 valence electrons. The molecule has 2 aromatic carbocycles. The van der Waals surface area contributed by atoms with Crippen molar-refractivity contribution < 1.29 is 14.3 Å². The maximum Gasteiger partial charge on any atom is 0.258 e. The maximum atomic E-state index is 13.1. The summed E-state index contributed by atoms with van der Waals surface area (Å²) in [6, 6.07) is 14.7. The Morgan fingerprint density at radius 2 is 1.84 bits per heavy atom. The molecule has 2 aliphatic rings. The minimum absolute atomic E-state index is 0.0775. The van der Waals surface area contributed by atoms with Crippen molar-refractivity contribution in [3.63, 3.8) is 0 Å². The third-order valence-electron chi connectivity index (χ3n) is 4.55. The smallest absolute Gasteiger partial charge is 0.258 e. The average Bonchev–Trinajstić information content (AvgIpc) is 3.45. The van der Waals surface area contributed by atoms with E-state index in [9.17, 15) is 9.59 Å². The number of benzene rings is 2. The van der Waals surface area contributed by atoms with Gasteiger partial charge in [-0.05, 0) is 50.1 Å². The highest BCUT2D eigenvalue weighted by Crippen LogP contribution is 2.34. The molecule has 4 rings (SSSR count). The van der Waals surface area contributed by atoms with E-state index in [1.54, 1.807) is 29.2 Å². The monoisotopic (exact) mass is 336 g/mol. The number of nitrogens with zero attached hydrogens (tertiary/aromatic N) is 1. The van der Waals surface area contributed by atoms with Crippen LogP contribution in [0.15, 0.2) is 48.5 Å². The van der Waals surface area contributed by atoms with Crippen LogP contribution in [0.4, 0.5) is 5.69 Å². The largest absolute Gasteiger partial charge is 0.489 e. The van der Waals surface area contributed by atoms with Crippen LogP contribution >= 0.6 is 0 Å². The van der Waals surface area contributed by atoms with Crippen molar-refractivity contribution in [3.8, 4) is 5.75 Å². The molecular weight excluding hydrogens is 316 g/mol. The topological polar surface area (TPSA) is 58.6 Å². The van der Waals surface area contributed by atoms with E-state index < -0.39 is 0 Å². The number of fused-ring (bicyclic) bond motifs is 1. The van der Waals surface area contributed by atoms with E-state index in [0.29, 0.717) is 23.5 Å². The van der Waals surface area contributed by atoms with Crippen molar-refractivity contribution in [1.29, 1.82) is 0 Å². The van der Waals surface area contributed by atoms with Gasteiger partial charge in [0.25, 0.3) is 11.8 Å². The number of carbonyl (C=O) groups excluding carboxylic acids is 2. The van der Waals surface area contributed by atoms with Crippen molar-refractivity contribution in [2.24, 2.45) is 0 Å². The molecule has 0 bridgehead atoms. The van der Waals surface area contributed by atoms with Gasteiger partial charge < -0.3 is 10.1 Å². The second kappa shape index (κ2) is 6.24. The molecule has 1 saturated carbocycles. The summed E-state index contributed by atoms with van der Waals surface area (Å²) in [5.41, 5.74) is 1.79. The van der Waals surface area contributed by atoms with Crippen LogP contribution < -0.4 is 15.0 Å². The van der Waals surface area contributed by atoms with Gasteiger partial charge in [0.1, 0.15) is 12.4 Å². The zero-order valence-corrected chi connectivity index (χ0v) is 14.1. The first kappa shape index (κ1) is 15.7. The lowest BCUT2D eigenvalue weighted by atomic mass is 10.1. The Morgan fingerprint density at radius 3 is 2.64 bits per heavy atom. The van der Waals surface area contributed by atoms with Crippen LogP contribution in [-0.4, -0.2) is 30.5 Å². The third kappa shape index (κ3) is 3.09. The molecule has 0 spiro atoms. The van der Waals surface area contributed by atoms with Gasteiger partial charge in [-0.3, -0.25) is 14.5 Å². The van der Waals surface area contributed by atoms with Crippen molar-refractivity contribution in [2.75, 3.05) is 11.5 Å². The van der Waals surface area contributed by atoms with Gasteiger partial charge in [0.15, 0.2) is 0 Å². The van der Waals surface area contributed by atoms with E-state index in [0.717, 1.165) is 18.5 Å². The lowest BCUT2D eigenvalue weighted by Gasteiger charge is -2.35. The number of rotatable bonds is 3. The number of hydrogen-bond donors (Lipinski definition) is 1. The quantitative estimate of drug-likeness (QED) is 0.937. The summed E-state index contributed by atoms with van der Waals surface area (Å²) < 4.78 is 5.71. The van der Waals surface area contributed by atoms with Gasteiger partial charge >= 0.3 is 0 Å². The van der Waals surface area contributed by atoms with Gasteiger partial charge in [-0.15, -0.1) is 0 Å². The van der Waals surface area contributed by atoms with Crippen LogP contribution in [0.25, 0.3) is 0 Å². The molecule has 1 aliphatic carbocycles. The zero-order chi connectivity index (χ0) is 17.4. The lowest BCUT2D eigenvalue weighted by molar-refractivity contribution is 0.0951. The van der Waals surface area contributed by atoms with Crippen LogP contribution in [0.3, 0.4) is 0 Å². The average molecular weight is 336 g/mol. The first-order valence-corrected chi connectivity index (χ1v) is 8.60. The first-order chi connectivity index (χ1) is 12.1. The summed E-state index contributed by atoms with van der Waals surface area (Å²) in [6.07, 6.45) is 2.07. The molecule has 0 radical (unpaired) electrons. The summed E-state index contributed by atoms with van der Waals surface area (Å²) in [6.45, 7) is 2.40. The molecule has 25 heavy (non-hydrogen) atoms. The number of para-hydroxylation sites is 2. The fraction of sp³-hybridized carbons (Fsp3) is 0.300. The highest BCUT2D eigenvalue weighted by atomic mass is 16.5. The highest BCUT2D eigenvalue weighted by molar-refractivity contribution is 6.09. The molecular formula is C20H20N2O3. The summed E-state index contributed by atoms with van der Waals surface area (Å²) in [5, 5.41) is 2.96. The fourth-order valence-electron chi connectivity index (χ4n) is 3.04. The summed E-state index contributed by atoms with van der Waals surface area (Å²) >= 11 is 0. The second-order valence-electron chi connectivity index (χ2n) is 6.63. The van der Waals surface area contributed by atoms with Gasteiger partial charge in [0, 0.05) is 17.2 Å². The van der Waals surface area contributed by atoms with E-state index in [4.69, 9.17) is 4.74 Å². The molecule has 5 heteroatoms. The minimum atomic E-state index is -0.121. The van der Waals surface area contributed by atoms with Gasteiger partial charge in [-0.2, -0.15) is 0 Å². The minimum Gasteiger partial charge on any atom is -0.489 e. The Balaban J connectivity index is 1.63. The Labute approximate surface area is 146 Å². The third-order valence-corrected chi connectivity index (χ3v) is 4.55. The number of carbonyl (C=O) groups is 2. The normalized spacial score (nSPS) is 18.9. The van der Waals surface area contributed by atoms with Crippen LogP contribution in [0.1, 0.15) is 40.5 Å². The molecule has 1 aliphatic heterocycles. The summed E-state index contributed by atoms with van der Waals surface area (Å²) in [4.78, 5) is 27.1. The first-order valence-electron chi connectivity index (χ1n) is 8.60. The number of hydrogen-bond acceptors (Lipinski definition) is 3. The molecule has 5 nitrogen and oxygen atoms in total.